The Morgan fingerprint density at radius 3 is 2.63 bits per heavy atom. The van der Waals surface area contributed by atoms with Crippen LogP contribution in [-0.4, -0.2) is 18.6 Å². The number of hydrogen-bond acceptors (Lipinski definition) is 2. The SMILES string of the molecule is CCCN(c1ccc(CNC(C)C)cc1Br)C1CC1. The maximum atomic E-state index is 3.75. The minimum Gasteiger partial charge on any atom is -0.368 e. The summed E-state index contributed by atoms with van der Waals surface area (Å²) in [5.74, 6) is 0. The largest absolute Gasteiger partial charge is 0.368 e. The van der Waals surface area contributed by atoms with Crippen molar-refractivity contribution in [3.05, 3.63) is 28.2 Å². The molecule has 1 aliphatic rings. The first-order valence-corrected chi connectivity index (χ1v) is 8.19. The van der Waals surface area contributed by atoms with Crippen molar-refractivity contribution in [3.63, 3.8) is 0 Å². The van der Waals surface area contributed by atoms with Gasteiger partial charge in [-0.05, 0) is 52.9 Å². The summed E-state index contributed by atoms with van der Waals surface area (Å²) in [6.45, 7) is 8.71. The Morgan fingerprint density at radius 1 is 1.37 bits per heavy atom. The van der Waals surface area contributed by atoms with Crippen molar-refractivity contribution < 1.29 is 0 Å². The molecule has 1 saturated carbocycles. The van der Waals surface area contributed by atoms with Crippen molar-refractivity contribution in [3.8, 4) is 0 Å². The van der Waals surface area contributed by atoms with Crippen LogP contribution in [-0.2, 0) is 6.54 Å². The van der Waals surface area contributed by atoms with Gasteiger partial charge in [0.15, 0.2) is 0 Å². The highest BCUT2D eigenvalue weighted by Crippen LogP contribution is 2.36. The highest BCUT2D eigenvalue weighted by atomic mass is 79.9. The summed E-state index contributed by atoms with van der Waals surface area (Å²) in [4.78, 5) is 2.56. The molecule has 0 heterocycles. The average molecular weight is 325 g/mol. The second-order valence-electron chi connectivity index (χ2n) is 5.75. The molecule has 106 valence electrons. The highest BCUT2D eigenvalue weighted by Gasteiger charge is 2.29. The molecule has 1 aromatic carbocycles. The summed E-state index contributed by atoms with van der Waals surface area (Å²) in [5, 5.41) is 3.46. The molecule has 2 rings (SSSR count). The van der Waals surface area contributed by atoms with Gasteiger partial charge in [0, 0.05) is 29.6 Å². The van der Waals surface area contributed by atoms with Gasteiger partial charge in [-0.2, -0.15) is 0 Å². The first-order chi connectivity index (χ1) is 9.11. The number of rotatable bonds is 7. The molecule has 0 saturated heterocycles. The van der Waals surface area contributed by atoms with Gasteiger partial charge in [0.2, 0.25) is 0 Å². The lowest BCUT2D eigenvalue weighted by Gasteiger charge is -2.25. The van der Waals surface area contributed by atoms with Crippen LogP contribution in [0.2, 0.25) is 0 Å². The second kappa shape index (κ2) is 6.76. The molecule has 0 spiro atoms. The minimum absolute atomic E-state index is 0.529. The molecule has 0 aromatic heterocycles. The summed E-state index contributed by atoms with van der Waals surface area (Å²) in [6.07, 6.45) is 3.91. The van der Waals surface area contributed by atoms with E-state index in [9.17, 15) is 0 Å². The van der Waals surface area contributed by atoms with Crippen molar-refractivity contribution in [1.82, 2.24) is 5.32 Å². The van der Waals surface area contributed by atoms with Crippen LogP contribution < -0.4 is 10.2 Å². The van der Waals surface area contributed by atoms with Gasteiger partial charge in [-0.25, -0.2) is 0 Å². The van der Waals surface area contributed by atoms with Gasteiger partial charge in [0.25, 0.3) is 0 Å². The molecular weight excluding hydrogens is 300 g/mol. The third-order valence-electron chi connectivity index (χ3n) is 3.49. The van der Waals surface area contributed by atoms with Gasteiger partial charge >= 0.3 is 0 Å². The first-order valence-electron chi connectivity index (χ1n) is 7.40. The van der Waals surface area contributed by atoms with Gasteiger partial charge in [-0.3, -0.25) is 0 Å². The Morgan fingerprint density at radius 2 is 2.11 bits per heavy atom. The lowest BCUT2D eigenvalue weighted by Crippen LogP contribution is -2.27. The molecule has 3 heteroatoms. The fraction of sp³-hybridized carbons (Fsp3) is 0.625. The van der Waals surface area contributed by atoms with Crippen LogP contribution in [0.25, 0.3) is 0 Å². The third-order valence-corrected chi connectivity index (χ3v) is 4.12. The minimum atomic E-state index is 0.529. The van der Waals surface area contributed by atoms with Crippen LogP contribution in [0.3, 0.4) is 0 Å². The molecule has 19 heavy (non-hydrogen) atoms. The molecule has 0 unspecified atom stereocenters. The van der Waals surface area contributed by atoms with Crippen LogP contribution in [0.1, 0.15) is 45.6 Å². The highest BCUT2D eigenvalue weighted by molar-refractivity contribution is 9.10. The Labute approximate surface area is 125 Å². The number of nitrogens with one attached hydrogen (secondary N) is 1. The molecule has 0 radical (unpaired) electrons. The number of benzene rings is 1. The van der Waals surface area contributed by atoms with E-state index in [4.69, 9.17) is 0 Å². The first kappa shape index (κ1) is 14.9. The van der Waals surface area contributed by atoms with E-state index in [1.807, 2.05) is 0 Å². The molecule has 0 atom stereocenters. The van der Waals surface area contributed by atoms with E-state index in [2.05, 4.69) is 65.1 Å². The zero-order chi connectivity index (χ0) is 13.8. The maximum Gasteiger partial charge on any atom is 0.0513 e. The van der Waals surface area contributed by atoms with Crippen LogP contribution in [0, 0.1) is 0 Å². The molecule has 1 fully saturated rings. The summed E-state index contributed by atoms with van der Waals surface area (Å²) < 4.78 is 1.23. The molecule has 2 nitrogen and oxygen atoms in total. The Hall–Kier alpha value is -0.540. The predicted molar refractivity (Wildman–Crippen MR) is 86.8 cm³/mol. The van der Waals surface area contributed by atoms with E-state index in [0.29, 0.717) is 6.04 Å². The van der Waals surface area contributed by atoms with E-state index in [1.165, 1.54) is 35.0 Å². The average Bonchev–Trinajstić information content (AvgIpc) is 3.18. The number of nitrogens with zero attached hydrogens (tertiary/aromatic N) is 1. The lowest BCUT2D eigenvalue weighted by atomic mass is 10.1. The molecular formula is C16H25BrN2. The lowest BCUT2D eigenvalue weighted by molar-refractivity contribution is 0.588. The molecule has 1 N–H and O–H groups in total. The van der Waals surface area contributed by atoms with Gasteiger partial charge in [0.05, 0.1) is 5.69 Å². The maximum absolute atomic E-state index is 3.75. The molecule has 0 bridgehead atoms. The van der Waals surface area contributed by atoms with Gasteiger partial charge in [0.1, 0.15) is 0 Å². The predicted octanol–water partition coefficient (Wildman–Crippen LogP) is 4.33. The van der Waals surface area contributed by atoms with Crippen molar-refractivity contribution in [2.75, 3.05) is 11.4 Å². The summed E-state index contributed by atoms with van der Waals surface area (Å²) in [5.41, 5.74) is 2.70. The van der Waals surface area contributed by atoms with Gasteiger partial charge in [-0.1, -0.05) is 26.8 Å². The monoisotopic (exact) mass is 324 g/mol. The van der Waals surface area contributed by atoms with Crippen molar-refractivity contribution >= 4 is 21.6 Å². The van der Waals surface area contributed by atoms with Crippen molar-refractivity contribution in [1.29, 1.82) is 0 Å². The van der Waals surface area contributed by atoms with Crippen molar-refractivity contribution in [2.45, 2.75) is 58.7 Å². The summed E-state index contributed by atoms with van der Waals surface area (Å²) in [7, 11) is 0. The Bertz CT molecular complexity index is 413. The quantitative estimate of drug-likeness (QED) is 0.803. The van der Waals surface area contributed by atoms with Gasteiger partial charge < -0.3 is 10.2 Å². The van der Waals surface area contributed by atoms with Crippen LogP contribution in [0.15, 0.2) is 22.7 Å². The smallest absolute Gasteiger partial charge is 0.0513 e. The van der Waals surface area contributed by atoms with E-state index in [0.717, 1.165) is 19.1 Å². The van der Waals surface area contributed by atoms with E-state index in [1.54, 1.807) is 0 Å². The molecule has 1 aliphatic carbocycles. The van der Waals surface area contributed by atoms with Crippen LogP contribution in [0.4, 0.5) is 5.69 Å². The molecule has 1 aromatic rings. The summed E-state index contributed by atoms with van der Waals surface area (Å²) in [6, 6.07) is 8.09. The fourth-order valence-electron chi connectivity index (χ4n) is 2.34. The van der Waals surface area contributed by atoms with E-state index < -0.39 is 0 Å². The number of halogens is 1. The topological polar surface area (TPSA) is 15.3 Å². The zero-order valence-corrected chi connectivity index (χ0v) is 13.8. The standard InChI is InChI=1S/C16H25BrN2/c1-4-9-19(14-6-7-14)16-8-5-13(10-15(16)17)11-18-12(2)3/h5,8,10,12,14,18H,4,6-7,9,11H2,1-3H3. The number of anilines is 1. The van der Waals surface area contributed by atoms with Crippen molar-refractivity contribution in [2.24, 2.45) is 0 Å². The second-order valence-corrected chi connectivity index (χ2v) is 6.60. The molecule has 0 amide bonds. The van der Waals surface area contributed by atoms with Gasteiger partial charge in [-0.15, -0.1) is 0 Å². The van der Waals surface area contributed by atoms with E-state index in [-0.39, 0.29) is 0 Å². The van der Waals surface area contributed by atoms with Crippen LogP contribution in [0.5, 0.6) is 0 Å². The normalized spacial score (nSPS) is 15.0. The molecule has 0 aliphatic heterocycles. The fourth-order valence-corrected chi connectivity index (χ4v) is 3.00. The summed E-state index contributed by atoms with van der Waals surface area (Å²) >= 11 is 3.75. The Kier molecular flexibility index (Phi) is 5.28. The zero-order valence-electron chi connectivity index (χ0n) is 12.2. The van der Waals surface area contributed by atoms with E-state index >= 15 is 0 Å². The third kappa shape index (κ3) is 4.22. The van der Waals surface area contributed by atoms with Crippen LogP contribution >= 0.6 is 15.9 Å². The number of hydrogen-bond donors (Lipinski definition) is 1. The Balaban J connectivity index is 2.08.